The van der Waals surface area contributed by atoms with Crippen molar-refractivity contribution in [2.75, 3.05) is 0 Å². The Balaban J connectivity index is 2.27. The summed E-state index contributed by atoms with van der Waals surface area (Å²) >= 11 is 5.88. The van der Waals surface area contributed by atoms with Crippen LogP contribution in [-0.4, -0.2) is 13.5 Å². The van der Waals surface area contributed by atoms with Crippen LogP contribution in [0.4, 0.5) is 0 Å². The monoisotopic (exact) mass is 325 g/mol. The van der Waals surface area contributed by atoms with Gasteiger partial charge in [0.1, 0.15) is 5.75 Å². The number of rotatable bonds is 4. The van der Waals surface area contributed by atoms with Gasteiger partial charge in [-0.2, -0.15) is 0 Å². The minimum absolute atomic E-state index is 0.00138. The van der Waals surface area contributed by atoms with Crippen LogP contribution in [0.3, 0.4) is 0 Å². The number of aromatic hydroxyl groups is 1. The topological polar surface area (TPSA) is 66.4 Å². The Labute approximate surface area is 129 Å². The van der Waals surface area contributed by atoms with Gasteiger partial charge in [0, 0.05) is 16.6 Å². The summed E-state index contributed by atoms with van der Waals surface area (Å²) in [6, 6.07) is 10.5. The maximum absolute atomic E-state index is 12.3. The average molecular weight is 326 g/mol. The first-order valence-corrected chi connectivity index (χ1v) is 8.23. The summed E-state index contributed by atoms with van der Waals surface area (Å²) in [5.41, 5.74) is 1.41. The molecule has 1 atom stereocenters. The summed E-state index contributed by atoms with van der Waals surface area (Å²) in [6.07, 6.45) is 0. The summed E-state index contributed by atoms with van der Waals surface area (Å²) < 4.78 is 27.1. The fourth-order valence-corrected chi connectivity index (χ4v) is 3.36. The summed E-state index contributed by atoms with van der Waals surface area (Å²) in [6.45, 7) is 3.54. The molecule has 0 spiro atoms. The van der Waals surface area contributed by atoms with Gasteiger partial charge in [0.15, 0.2) is 0 Å². The molecule has 0 saturated heterocycles. The molecule has 4 nitrogen and oxygen atoms in total. The van der Waals surface area contributed by atoms with Crippen LogP contribution in [0.25, 0.3) is 0 Å². The van der Waals surface area contributed by atoms with Gasteiger partial charge >= 0.3 is 0 Å². The largest absolute Gasteiger partial charge is 0.508 e. The van der Waals surface area contributed by atoms with Crippen LogP contribution in [0.5, 0.6) is 5.75 Å². The Kier molecular flexibility index (Phi) is 4.56. The van der Waals surface area contributed by atoms with E-state index in [1.165, 1.54) is 6.07 Å². The minimum Gasteiger partial charge on any atom is -0.508 e. The molecule has 0 heterocycles. The van der Waals surface area contributed by atoms with Gasteiger partial charge in [-0.25, -0.2) is 13.1 Å². The molecule has 0 aliphatic heterocycles. The van der Waals surface area contributed by atoms with Crippen LogP contribution in [0.1, 0.15) is 24.1 Å². The van der Waals surface area contributed by atoms with Gasteiger partial charge in [0.25, 0.3) is 0 Å². The molecule has 0 aromatic heterocycles. The van der Waals surface area contributed by atoms with E-state index in [-0.39, 0.29) is 10.6 Å². The van der Waals surface area contributed by atoms with Gasteiger partial charge in [-0.05, 0) is 44.2 Å². The van der Waals surface area contributed by atoms with Crippen molar-refractivity contribution in [2.24, 2.45) is 0 Å². The van der Waals surface area contributed by atoms with Gasteiger partial charge in [-0.1, -0.05) is 29.3 Å². The number of aryl methyl sites for hydroxylation is 1. The number of sulfonamides is 1. The number of halogens is 1. The van der Waals surface area contributed by atoms with Gasteiger partial charge in [-0.15, -0.1) is 0 Å². The highest BCUT2D eigenvalue weighted by atomic mass is 35.5. The molecule has 0 aliphatic carbocycles. The number of hydrogen-bond donors (Lipinski definition) is 2. The lowest BCUT2D eigenvalue weighted by Gasteiger charge is -2.16. The van der Waals surface area contributed by atoms with Crippen molar-refractivity contribution >= 4 is 21.6 Å². The van der Waals surface area contributed by atoms with E-state index in [9.17, 15) is 13.5 Å². The Hall–Kier alpha value is -1.56. The maximum Gasteiger partial charge on any atom is 0.241 e. The molecule has 0 aliphatic rings. The van der Waals surface area contributed by atoms with Crippen LogP contribution in [0, 0.1) is 6.92 Å². The normalized spacial score (nSPS) is 13.1. The van der Waals surface area contributed by atoms with Crippen molar-refractivity contribution in [2.45, 2.75) is 24.8 Å². The van der Waals surface area contributed by atoms with E-state index >= 15 is 0 Å². The van der Waals surface area contributed by atoms with E-state index in [1.807, 2.05) is 6.92 Å². The molecule has 2 N–H and O–H groups in total. The van der Waals surface area contributed by atoms with Crippen LogP contribution in [0.2, 0.25) is 5.02 Å². The van der Waals surface area contributed by atoms with E-state index in [4.69, 9.17) is 11.6 Å². The lowest BCUT2D eigenvalue weighted by atomic mass is 10.1. The molecular weight excluding hydrogens is 310 g/mol. The Morgan fingerprint density at radius 1 is 1.14 bits per heavy atom. The predicted molar refractivity (Wildman–Crippen MR) is 83.0 cm³/mol. The molecule has 2 rings (SSSR count). The number of benzene rings is 2. The lowest BCUT2D eigenvalue weighted by molar-refractivity contribution is 0.460. The van der Waals surface area contributed by atoms with Gasteiger partial charge in [0.2, 0.25) is 10.0 Å². The zero-order chi connectivity index (χ0) is 15.6. The Morgan fingerprint density at radius 3 is 2.38 bits per heavy atom. The van der Waals surface area contributed by atoms with Gasteiger partial charge in [0.05, 0.1) is 4.90 Å². The standard InChI is InChI=1S/C15H16ClNO3S/c1-10-3-6-13(7-4-10)21(19,20)17-11(2)14-9-12(16)5-8-15(14)18/h3-9,11,17-18H,1-2H3/t11-/m0/s1. The Bertz CT molecular complexity index is 742. The van der Waals surface area contributed by atoms with Crippen LogP contribution >= 0.6 is 11.6 Å². The van der Waals surface area contributed by atoms with Crippen LogP contribution in [0.15, 0.2) is 47.4 Å². The van der Waals surface area contributed by atoms with Crippen molar-refractivity contribution in [3.8, 4) is 5.75 Å². The molecule has 21 heavy (non-hydrogen) atoms. The van der Waals surface area contributed by atoms with Gasteiger partial charge < -0.3 is 5.11 Å². The molecule has 2 aromatic rings. The quantitative estimate of drug-likeness (QED) is 0.905. The average Bonchev–Trinajstić information content (AvgIpc) is 2.41. The van der Waals surface area contributed by atoms with E-state index in [1.54, 1.807) is 43.3 Å². The van der Waals surface area contributed by atoms with Crippen LogP contribution in [-0.2, 0) is 10.0 Å². The molecule has 0 amide bonds. The maximum atomic E-state index is 12.3. The lowest BCUT2D eigenvalue weighted by Crippen LogP contribution is -2.27. The highest BCUT2D eigenvalue weighted by Gasteiger charge is 2.20. The third-order valence-corrected chi connectivity index (χ3v) is 4.91. The number of phenols is 1. The first-order valence-electron chi connectivity index (χ1n) is 6.37. The van der Waals surface area contributed by atoms with Crippen molar-refractivity contribution in [3.05, 3.63) is 58.6 Å². The van der Waals surface area contributed by atoms with Gasteiger partial charge in [-0.3, -0.25) is 0 Å². The van der Waals surface area contributed by atoms with Crippen molar-refractivity contribution in [3.63, 3.8) is 0 Å². The van der Waals surface area contributed by atoms with Crippen molar-refractivity contribution < 1.29 is 13.5 Å². The van der Waals surface area contributed by atoms with E-state index < -0.39 is 16.1 Å². The zero-order valence-electron chi connectivity index (χ0n) is 11.7. The summed E-state index contributed by atoms with van der Waals surface area (Å²) in [7, 11) is -3.66. The highest BCUT2D eigenvalue weighted by Crippen LogP contribution is 2.28. The molecule has 0 bridgehead atoms. The molecule has 2 aromatic carbocycles. The predicted octanol–water partition coefficient (Wildman–Crippen LogP) is 3.39. The minimum atomic E-state index is -3.66. The molecule has 0 radical (unpaired) electrons. The third kappa shape index (κ3) is 3.75. The Morgan fingerprint density at radius 2 is 1.76 bits per heavy atom. The van der Waals surface area contributed by atoms with E-state index in [2.05, 4.69) is 4.72 Å². The highest BCUT2D eigenvalue weighted by molar-refractivity contribution is 7.89. The molecule has 112 valence electrons. The summed E-state index contributed by atoms with van der Waals surface area (Å²) in [5.74, 6) is -0.00138. The van der Waals surface area contributed by atoms with Crippen molar-refractivity contribution in [1.82, 2.24) is 4.72 Å². The first-order chi connectivity index (χ1) is 9.79. The summed E-state index contributed by atoms with van der Waals surface area (Å²) in [4.78, 5) is 0.182. The molecular formula is C15H16ClNO3S. The summed E-state index contributed by atoms with van der Waals surface area (Å²) in [5, 5.41) is 10.3. The first kappa shape index (κ1) is 15.8. The second-order valence-electron chi connectivity index (χ2n) is 4.86. The van der Waals surface area contributed by atoms with E-state index in [0.717, 1.165) is 5.56 Å². The third-order valence-electron chi connectivity index (χ3n) is 3.12. The fourth-order valence-electron chi connectivity index (χ4n) is 1.95. The number of phenolic OH excluding ortho intramolecular Hbond substituents is 1. The van der Waals surface area contributed by atoms with E-state index in [0.29, 0.717) is 10.6 Å². The number of hydrogen-bond acceptors (Lipinski definition) is 3. The van der Waals surface area contributed by atoms with Crippen LogP contribution < -0.4 is 4.72 Å². The zero-order valence-corrected chi connectivity index (χ0v) is 13.2. The van der Waals surface area contributed by atoms with Crippen molar-refractivity contribution in [1.29, 1.82) is 0 Å². The fraction of sp³-hybridized carbons (Fsp3) is 0.200. The molecule has 0 unspecified atom stereocenters. The SMILES string of the molecule is Cc1ccc(S(=O)(=O)N[C@@H](C)c2cc(Cl)ccc2O)cc1. The second-order valence-corrected chi connectivity index (χ2v) is 7.01. The molecule has 0 saturated carbocycles. The number of nitrogens with one attached hydrogen (secondary N) is 1. The second kappa shape index (κ2) is 6.05. The smallest absolute Gasteiger partial charge is 0.241 e. The molecule has 6 heteroatoms. The molecule has 0 fully saturated rings.